The molecule has 0 saturated carbocycles. The van der Waals surface area contributed by atoms with Crippen molar-refractivity contribution < 1.29 is 14.3 Å². The van der Waals surface area contributed by atoms with E-state index < -0.39 is 5.97 Å². The number of aliphatic carboxylic acids is 1. The lowest BCUT2D eigenvalue weighted by atomic mass is 9.98. The van der Waals surface area contributed by atoms with Gasteiger partial charge in [0.25, 0.3) is 0 Å². The van der Waals surface area contributed by atoms with Crippen LogP contribution in [-0.4, -0.2) is 11.1 Å². The Kier molecular flexibility index (Phi) is 4.09. The van der Waals surface area contributed by atoms with Gasteiger partial charge in [-0.15, -0.1) is 0 Å². The van der Waals surface area contributed by atoms with Crippen LogP contribution in [0, 0.1) is 11.7 Å². The quantitative estimate of drug-likeness (QED) is 0.863. The first-order valence-corrected chi connectivity index (χ1v) is 5.02. The summed E-state index contributed by atoms with van der Waals surface area (Å²) in [5, 5.41) is 9.06. The zero-order valence-corrected chi connectivity index (χ0v) is 9.09. The van der Waals surface area contributed by atoms with Crippen LogP contribution in [0.15, 0.2) is 18.2 Å². The minimum Gasteiger partial charge on any atom is -0.481 e. The summed E-state index contributed by atoms with van der Waals surface area (Å²) in [6.45, 7) is 1.80. The van der Waals surface area contributed by atoms with E-state index in [1.807, 2.05) is 0 Å². The Balaban J connectivity index is 2.71. The predicted octanol–water partition coefficient (Wildman–Crippen LogP) is 3.13. The maximum absolute atomic E-state index is 12.9. The largest absolute Gasteiger partial charge is 0.481 e. The molecule has 1 aromatic rings. The van der Waals surface area contributed by atoms with Crippen molar-refractivity contribution in [1.82, 2.24) is 0 Å². The van der Waals surface area contributed by atoms with Crippen LogP contribution in [0.4, 0.5) is 4.39 Å². The number of carboxylic acids is 1. The van der Waals surface area contributed by atoms with Gasteiger partial charge in [-0.25, -0.2) is 4.39 Å². The molecule has 0 amide bonds. The van der Waals surface area contributed by atoms with Crippen molar-refractivity contribution in [1.29, 1.82) is 0 Å². The van der Waals surface area contributed by atoms with Gasteiger partial charge in [0.2, 0.25) is 0 Å². The highest BCUT2D eigenvalue weighted by Crippen LogP contribution is 2.21. The molecule has 1 aromatic carbocycles. The lowest BCUT2D eigenvalue weighted by Crippen LogP contribution is -2.07. The second kappa shape index (κ2) is 5.12. The molecule has 1 N–H and O–H groups in total. The molecule has 0 fully saturated rings. The molecule has 1 unspecified atom stereocenters. The number of carboxylic acid groups (broad SMARTS) is 1. The molecule has 0 radical (unpaired) electrons. The molecule has 82 valence electrons. The summed E-state index contributed by atoms with van der Waals surface area (Å²) in [6, 6.07) is 4.12. The van der Waals surface area contributed by atoms with Gasteiger partial charge in [0.05, 0.1) is 0 Å². The van der Waals surface area contributed by atoms with E-state index in [1.165, 1.54) is 18.2 Å². The molecule has 0 aliphatic heterocycles. The molecule has 15 heavy (non-hydrogen) atoms. The van der Waals surface area contributed by atoms with Gasteiger partial charge in [-0.2, -0.15) is 0 Å². The Morgan fingerprint density at radius 3 is 2.87 bits per heavy atom. The summed E-state index contributed by atoms with van der Waals surface area (Å²) in [7, 11) is 0. The zero-order chi connectivity index (χ0) is 11.4. The predicted molar refractivity (Wildman–Crippen MR) is 56.5 cm³/mol. The van der Waals surface area contributed by atoms with Gasteiger partial charge in [0, 0.05) is 11.4 Å². The third kappa shape index (κ3) is 3.88. The van der Waals surface area contributed by atoms with Crippen molar-refractivity contribution in [2.45, 2.75) is 19.8 Å². The number of hydrogen-bond acceptors (Lipinski definition) is 1. The number of hydrogen-bond donors (Lipinski definition) is 1. The number of halogens is 2. The SMILES string of the molecule is CC(CC(=O)O)Cc1cc(F)ccc1Cl. The molecule has 0 spiro atoms. The van der Waals surface area contributed by atoms with Gasteiger partial charge < -0.3 is 5.11 Å². The fourth-order valence-electron chi connectivity index (χ4n) is 1.45. The third-order valence-corrected chi connectivity index (χ3v) is 2.47. The Labute approximate surface area is 92.7 Å². The molecule has 4 heteroatoms. The molecular formula is C11H12ClFO2. The van der Waals surface area contributed by atoms with Crippen molar-refractivity contribution in [3.63, 3.8) is 0 Å². The molecule has 1 atom stereocenters. The average molecular weight is 231 g/mol. The molecule has 0 aliphatic carbocycles. The molecule has 2 nitrogen and oxygen atoms in total. The van der Waals surface area contributed by atoms with Crippen molar-refractivity contribution in [2.24, 2.45) is 5.92 Å². The van der Waals surface area contributed by atoms with Crippen LogP contribution >= 0.6 is 11.6 Å². The maximum atomic E-state index is 12.9. The van der Waals surface area contributed by atoms with Gasteiger partial charge in [0.1, 0.15) is 5.82 Å². The first kappa shape index (κ1) is 12.0. The molecule has 1 rings (SSSR count). The monoisotopic (exact) mass is 230 g/mol. The van der Waals surface area contributed by atoms with Crippen molar-refractivity contribution >= 4 is 17.6 Å². The molecule has 0 heterocycles. The van der Waals surface area contributed by atoms with Crippen LogP contribution in [0.1, 0.15) is 18.9 Å². The van der Waals surface area contributed by atoms with Crippen LogP contribution < -0.4 is 0 Å². The van der Waals surface area contributed by atoms with Crippen molar-refractivity contribution in [2.75, 3.05) is 0 Å². The van der Waals surface area contributed by atoms with Crippen molar-refractivity contribution in [3.8, 4) is 0 Å². The van der Waals surface area contributed by atoms with E-state index in [-0.39, 0.29) is 18.2 Å². The number of rotatable bonds is 4. The molecule has 0 saturated heterocycles. The van der Waals surface area contributed by atoms with E-state index in [4.69, 9.17) is 16.7 Å². The summed E-state index contributed by atoms with van der Waals surface area (Å²) in [5.41, 5.74) is 0.658. The van der Waals surface area contributed by atoms with E-state index in [0.717, 1.165) is 0 Å². The maximum Gasteiger partial charge on any atom is 0.303 e. The molecule has 0 aliphatic rings. The first-order valence-electron chi connectivity index (χ1n) is 4.64. The number of carbonyl (C=O) groups is 1. The van der Waals surface area contributed by atoms with Crippen LogP contribution in [0.3, 0.4) is 0 Å². The fraction of sp³-hybridized carbons (Fsp3) is 0.364. The Morgan fingerprint density at radius 2 is 2.27 bits per heavy atom. The highest BCUT2D eigenvalue weighted by Gasteiger charge is 2.11. The summed E-state index contributed by atoms with van der Waals surface area (Å²) < 4.78 is 12.9. The summed E-state index contributed by atoms with van der Waals surface area (Å²) >= 11 is 5.86. The standard InChI is InChI=1S/C11H12ClFO2/c1-7(5-11(14)15)4-8-6-9(13)2-3-10(8)12/h2-3,6-7H,4-5H2,1H3,(H,14,15). The van der Waals surface area contributed by atoms with E-state index in [1.54, 1.807) is 6.92 Å². The zero-order valence-electron chi connectivity index (χ0n) is 8.34. The Morgan fingerprint density at radius 1 is 1.60 bits per heavy atom. The van der Waals surface area contributed by atoms with Crippen LogP contribution in [0.25, 0.3) is 0 Å². The summed E-state index contributed by atoms with van der Waals surface area (Å²) in [5.74, 6) is -1.26. The molecule has 0 aromatic heterocycles. The molecule has 0 bridgehead atoms. The third-order valence-electron chi connectivity index (χ3n) is 2.10. The van der Waals surface area contributed by atoms with E-state index in [0.29, 0.717) is 17.0 Å². The minimum atomic E-state index is -0.852. The number of benzene rings is 1. The first-order chi connectivity index (χ1) is 6.99. The van der Waals surface area contributed by atoms with E-state index in [9.17, 15) is 9.18 Å². The average Bonchev–Trinajstić information content (AvgIpc) is 2.10. The smallest absolute Gasteiger partial charge is 0.303 e. The van der Waals surface area contributed by atoms with E-state index >= 15 is 0 Å². The van der Waals surface area contributed by atoms with Gasteiger partial charge in [-0.05, 0) is 36.1 Å². The lowest BCUT2D eigenvalue weighted by molar-refractivity contribution is -0.137. The van der Waals surface area contributed by atoms with Crippen LogP contribution in [0.5, 0.6) is 0 Å². The lowest BCUT2D eigenvalue weighted by Gasteiger charge is -2.10. The van der Waals surface area contributed by atoms with Crippen molar-refractivity contribution in [3.05, 3.63) is 34.6 Å². The van der Waals surface area contributed by atoms with E-state index in [2.05, 4.69) is 0 Å². The normalized spacial score (nSPS) is 12.5. The van der Waals surface area contributed by atoms with Crippen LogP contribution in [-0.2, 0) is 11.2 Å². The van der Waals surface area contributed by atoms with Crippen LogP contribution in [0.2, 0.25) is 5.02 Å². The second-order valence-electron chi connectivity index (χ2n) is 3.64. The summed E-state index contributed by atoms with van der Waals surface area (Å²) in [6.07, 6.45) is 0.537. The van der Waals surface area contributed by atoms with Gasteiger partial charge in [0.15, 0.2) is 0 Å². The molecular weight excluding hydrogens is 219 g/mol. The van der Waals surface area contributed by atoms with Gasteiger partial charge >= 0.3 is 5.97 Å². The Bertz CT molecular complexity index is 366. The second-order valence-corrected chi connectivity index (χ2v) is 4.05. The Hall–Kier alpha value is -1.09. The highest BCUT2D eigenvalue weighted by molar-refractivity contribution is 6.31. The van der Waals surface area contributed by atoms with Gasteiger partial charge in [-0.1, -0.05) is 18.5 Å². The van der Waals surface area contributed by atoms with Gasteiger partial charge in [-0.3, -0.25) is 4.79 Å². The summed E-state index contributed by atoms with van der Waals surface area (Å²) in [4.78, 5) is 10.4. The highest BCUT2D eigenvalue weighted by atomic mass is 35.5. The minimum absolute atomic E-state index is 0.0539. The fourth-order valence-corrected chi connectivity index (χ4v) is 1.64. The topological polar surface area (TPSA) is 37.3 Å².